The topological polar surface area (TPSA) is 875 Å². The Balaban J connectivity index is 0. The molecule has 552 valence electrons. The zero-order valence-electron chi connectivity index (χ0n) is 48.6. The van der Waals surface area contributed by atoms with Crippen LogP contribution in [0.1, 0.15) is 39.5 Å². The van der Waals surface area contributed by atoms with E-state index in [0.29, 0.717) is 37.2 Å². The fourth-order valence-electron chi connectivity index (χ4n) is 8.88. The predicted octanol–water partition coefficient (Wildman–Crippen LogP) is -11.6. The monoisotopic (exact) mass is 1480 g/mol. The maximum atomic E-state index is 11.0. The molecule has 6 aliphatic rings. The van der Waals surface area contributed by atoms with Gasteiger partial charge in [0.25, 0.3) is 0 Å². The van der Waals surface area contributed by atoms with Gasteiger partial charge in [0.2, 0.25) is 12.6 Å². The highest BCUT2D eigenvalue weighted by molar-refractivity contribution is 7.81. The van der Waals surface area contributed by atoms with Gasteiger partial charge in [0.05, 0.1) is 50.5 Å². The van der Waals surface area contributed by atoms with Crippen molar-refractivity contribution in [1.82, 2.24) is 10.6 Å². The second-order valence-corrected chi connectivity index (χ2v) is 25.7. The van der Waals surface area contributed by atoms with Crippen molar-refractivity contribution in [3.63, 3.8) is 0 Å². The van der Waals surface area contributed by atoms with Gasteiger partial charge in [-0.2, -0.15) is 50.5 Å². The second-order valence-electron chi connectivity index (χ2n) is 20.3. The largest absolute Gasteiger partial charge is 0.467 e. The summed E-state index contributed by atoms with van der Waals surface area (Å²) in [5.41, 5.74) is 45.7. The lowest BCUT2D eigenvalue weighted by Crippen LogP contribution is -2.68. The molecular formula is C38H86N10O38S6. The Hall–Kier alpha value is -2.58. The number of nitrogens with two attached hydrogens (primary N) is 8. The zero-order chi connectivity index (χ0) is 72.8. The molecule has 6 rings (SSSR count). The second kappa shape index (κ2) is 39.1. The van der Waals surface area contributed by atoms with Crippen LogP contribution in [-0.2, 0) is 100 Å². The fraction of sp³-hybridized carbons (Fsp3) is 0.895. The molecule has 2 aliphatic carbocycles. The van der Waals surface area contributed by atoms with Crippen molar-refractivity contribution < 1.29 is 174 Å². The van der Waals surface area contributed by atoms with Gasteiger partial charge in [0.15, 0.2) is 12.6 Å². The third-order valence-electron chi connectivity index (χ3n) is 12.4. The smallest absolute Gasteiger partial charge is 0.394 e. The van der Waals surface area contributed by atoms with Crippen LogP contribution in [0, 0.1) is 0 Å². The SMILES string of the molecule is CN[C@@H]1[C@@H](O)[C@@H](O[C@@H]2[C@@H](O)[C@H](OC3OC(CN)=CCC3N)[C@@H](N)C[C@H]2N)OC[C@]1(C)O.CN[C@@H]1[C@@H](O)[C@@H](O[C@@H]2[C@@H](O)[C@H](OC3OC(CN)=CCC3N)[C@@H](N)C[C@H]2N)OC[C@]1(C)O.O=S(=O)(O)O.O=S(=O)(O)O.O=S(=O)(O)O.O=S(=O)(O)O.O=S(=O)(O)O.O=S(=O)(O)O. The Kier molecular flexibility index (Phi) is 38.9. The van der Waals surface area contributed by atoms with E-state index in [1.807, 2.05) is 0 Å². The van der Waals surface area contributed by atoms with Crippen molar-refractivity contribution in [3.05, 3.63) is 23.7 Å². The van der Waals surface area contributed by atoms with Gasteiger partial charge in [0, 0.05) is 24.2 Å². The van der Waals surface area contributed by atoms with Crippen LogP contribution in [-0.4, -0.2) is 310 Å². The fourth-order valence-corrected chi connectivity index (χ4v) is 8.88. The molecule has 2 saturated carbocycles. The number of rotatable bonds is 12. The number of hydrogen-bond acceptors (Lipinski definition) is 36. The third kappa shape index (κ3) is 40.2. The Morgan fingerprint density at radius 2 is 0.630 bits per heavy atom. The van der Waals surface area contributed by atoms with Crippen LogP contribution in [0.4, 0.5) is 0 Å². The van der Waals surface area contributed by atoms with Gasteiger partial charge < -0.3 is 125 Å². The molecule has 92 heavy (non-hydrogen) atoms. The maximum absolute atomic E-state index is 11.0. The minimum absolute atomic E-state index is 0.0727. The first-order chi connectivity index (χ1) is 41.2. The van der Waals surface area contributed by atoms with Crippen LogP contribution < -0.4 is 56.5 Å². The molecule has 0 bridgehead atoms. The molecule has 0 aromatic heterocycles. The number of ether oxygens (including phenoxy) is 8. The first kappa shape index (κ1) is 91.5. The molecule has 0 aromatic carbocycles. The minimum Gasteiger partial charge on any atom is -0.467 e. The molecule has 0 radical (unpaired) electrons. The lowest BCUT2D eigenvalue weighted by atomic mass is 9.84. The van der Waals surface area contributed by atoms with Crippen molar-refractivity contribution in [2.45, 2.75) is 173 Å². The summed E-state index contributed by atoms with van der Waals surface area (Å²) < 4.78 is 236. The van der Waals surface area contributed by atoms with Gasteiger partial charge in [-0.1, -0.05) is 0 Å². The Morgan fingerprint density at radius 3 is 0.826 bits per heavy atom. The number of aliphatic hydroxyl groups is 6. The third-order valence-corrected chi connectivity index (χ3v) is 12.4. The van der Waals surface area contributed by atoms with Crippen LogP contribution >= 0.6 is 0 Å². The average molecular weight is 1480 g/mol. The maximum Gasteiger partial charge on any atom is 0.394 e. The van der Waals surface area contributed by atoms with Crippen molar-refractivity contribution in [2.75, 3.05) is 40.4 Å². The van der Waals surface area contributed by atoms with E-state index in [0.717, 1.165) is 0 Å². The van der Waals surface area contributed by atoms with Crippen molar-refractivity contribution in [2.24, 2.45) is 45.9 Å². The molecule has 22 atom stereocenters. The van der Waals surface area contributed by atoms with Gasteiger partial charge in [0.1, 0.15) is 71.6 Å². The van der Waals surface area contributed by atoms with Gasteiger partial charge in [-0.15, -0.1) is 0 Å². The van der Waals surface area contributed by atoms with E-state index in [-0.39, 0.29) is 26.3 Å². The number of nitrogens with one attached hydrogen (secondary N) is 2. The summed E-state index contributed by atoms with van der Waals surface area (Å²) in [6, 6.07) is -4.74. The Morgan fingerprint density at radius 1 is 0.424 bits per heavy atom. The first-order valence-electron chi connectivity index (χ1n) is 25.4. The summed E-state index contributed by atoms with van der Waals surface area (Å²) in [5.74, 6) is 1.11. The zero-order valence-corrected chi connectivity index (χ0v) is 53.5. The van der Waals surface area contributed by atoms with Crippen LogP contribution in [0.2, 0.25) is 0 Å². The molecule has 48 nitrogen and oxygen atoms in total. The molecule has 0 amide bonds. The normalized spacial score (nSPS) is 36.6. The lowest BCUT2D eigenvalue weighted by molar-refractivity contribution is -0.303. The van der Waals surface area contributed by atoms with E-state index < -0.39 is 196 Å². The van der Waals surface area contributed by atoms with Crippen LogP contribution in [0.3, 0.4) is 0 Å². The standard InChI is InChI=1S/2C19H37N5O7.6H2O4S/c2*1-19(27)7-28-18(13(26)16(19)24-2)31-15-11(23)5-10(22)14(12(15)25)30-17-9(21)4-3-8(6-20)29-17;6*1-5(2,3)4/h2*3,9-18,24-27H,4-7,20-23H2,1-2H3;6*(H2,1,2,3,4)/t2*9?,10-,11+,12-,13+,14+,15-,16+,17?,18+,19-;;;;;;/m00....../s1. The molecule has 0 aromatic rings. The van der Waals surface area contributed by atoms with E-state index in [1.165, 1.54) is 0 Å². The van der Waals surface area contributed by atoms with Crippen molar-refractivity contribution in [1.29, 1.82) is 0 Å². The van der Waals surface area contributed by atoms with E-state index in [1.54, 1.807) is 40.1 Å². The van der Waals surface area contributed by atoms with Gasteiger partial charge in [-0.3, -0.25) is 54.6 Å². The van der Waals surface area contributed by atoms with Crippen LogP contribution in [0.25, 0.3) is 0 Å². The van der Waals surface area contributed by atoms with Crippen molar-refractivity contribution >= 4 is 62.4 Å². The first-order valence-corrected chi connectivity index (χ1v) is 33.8. The van der Waals surface area contributed by atoms with Crippen LogP contribution in [0.5, 0.6) is 0 Å². The highest BCUT2D eigenvalue weighted by Gasteiger charge is 2.53. The van der Waals surface area contributed by atoms with Crippen molar-refractivity contribution in [3.8, 4) is 0 Å². The van der Waals surface area contributed by atoms with Gasteiger partial charge in [-0.25, -0.2) is 0 Å². The molecule has 4 unspecified atom stereocenters. The summed E-state index contributed by atoms with van der Waals surface area (Å²) in [4.78, 5) is 0. The molecule has 2 saturated heterocycles. The van der Waals surface area contributed by atoms with Gasteiger partial charge in [-0.05, 0) is 65.8 Å². The Bertz CT molecular complexity index is 2570. The van der Waals surface area contributed by atoms with E-state index in [2.05, 4.69) is 10.6 Å². The molecule has 36 N–H and O–H groups in total. The number of aliphatic hydroxyl groups excluding tert-OH is 4. The molecule has 4 heterocycles. The van der Waals surface area contributed by atoms with E-state index in [4.69, 9.17) is 189 Å². The highest BCUT2D eigenvalue weighted by Crippen LogP contribution is 2.33. The molecular weight excluding hydrogens is 1400 g/mol. The predicted molar refractivity (Wildman–Crippen MR) is 305 cm³/mol. The summed E-state index contributed by atoms with van der Waals surface area (Å²) in [5, 5.41) is 69.8. The van der Waals surface area contributed by atoms with Crippen LogP contribution in [0.15, 0.2) is 23.7 Å². The summed E-state index contributed by atoms with van der Waals surface area (Å²) >= 11 is 0. The Labute approximate surface area is 527 Å². The summed E-state index contributed by atoms with van der Waals surface area (Å²) in [6.45, 7) is 3.36. The molecule has 0 spiro atoms. The molecule has 4 aliphatic heterocycles. The number of likely N-dealkylation sites (N-methyl/N-ethyl adjacent to an activating group) is 2. The average Bonchev–Trinajstić information content (AvgIpc) is 0.795. The highest BCUT2D eigenvalue weighted by atomic mass is 32.3. The van der Waals surface area contributed by atoms with E-state index in [9.17, 15) is 30.6 Å². The lowest BCUT2D eigenvalue weighted by Gasteiger charge is -2.48. The quantitative estimate of drug-likeness (QED) is 0.0807. The number of hydrogen-bond donors (Lipinski definition) is 28. The van der Waals surface area contributed by atoms with Gasteiger partial charge >= 0.3 is 62.4 Å². The summed E-state index contributed by atoms with van der Waals surface area (Å²) in [7, 11) is -24.8. The molecule has 4 fully saturated rings. The molecule has 54 heteroatoms. The summed E-state index contributed by atoms with van der Waals surface area (Å²) in [6.07, 6.45) is -7.13. The minimum atomic E-state index is -4.67. The van der Waals surface area contributed by atoms with E-state index >= 15 is 0 Å².